The van der Waals surface area contributed by atoms with E-state index < -0.39 is 0 Å². The zero-order valence-corrected chi connectivity index (χ0v) is 12.7. The van der Waals surface area contributed by atoms with E-state index in [0.29, 0.717) is 0 Å². The van der Waals surface area contributed by atoms with Gasteiger partial charge in [-0.1, -0.05) is 58.3 Å². The third kappa shape index (κ3) is 14.3. The maximum absolute atomic E-state index is 2.28. The van der Waals surface area contributed by atoms with Gasteiger partial charge in [0.25, 0.3) is 0 Å². The van der Waals surface area contributed by atoms with Crippen LogP contribution in [0.2, 0.25) is 0 Å². The summed E-state index contributed by atoms with van der Waals surface area (Å²) in [6.45, 7) is 2.28. The van der Waals surface area contributed by atoms with E-state index in [1.54, 1.807) is 0 Å². The Morgan fingerprint density at radius 3 is 1.56 bits per heavy atom. The lowest BCUT2D eigenvalue weighted by Gasteiger charge is -2.20. The van der Waals surface area contributed by atoms with Crippen LogP contribution in [0.4, 0.5) is 0 Å². The topological polar surface area (TPSA) is 0 Å². The van der Waals surface area contributed by atoms with Gasteiger partial charge in [0.2, 0.25) is 0 Å². The number of hydrogen-bond donors (Lipinski definition) is 0. The number of rotatable bonds is 11. The summed E-state index contributed by atoms with van der Waals surface area (Å²) >= 11 is 2.05. The van der Waals surface area contributed by atoms with Gasteiger partial charge in [0.15, 0.2) is 0 Å². The summed E-state index contributed by atoms with van der Waals surface area (Å²) in [5, 5.41) is 0. The molecular formula is C14H32NS+. The minimum Gasteiger partial charge on any atom is -0.269 e. The van der Waals surface area contributed by atoms with E-state index in [2.05, 4.69) is 28.1 Å². The summed E-state index contributed by atoms with van der Waals surface area (Å²) in [5.74, 6) is 1.32. The molecule has 16 heavy (non-hydrogen) atoms. The van der Waals surface area contributed by atoms with Gasteiger partial charge in [-0.15, -0.1) is 0 Å². The molecule has 0 unspecified atom stereocenters. The number of unbranched alkanes of at least 4 members (excludes halogenated alkanes) is 8. The lowest BCUT2D eigenvalue weighted by atomic mass is 10.1. The molecule has 0 heterocycles. The zero-order chi connectivity index (χ0) is 12.3. The molecule has 1 nitrogen and oxygen atoms in total. The summed E-state index contributed by atoms with van der Waals surface area (Å²) in [7, 11) is 6.75. The Balaban J connectivity index is 2.99. The van der Waals surface area contributed by atoms with Crippen molar-refractivity contribution < 1.29 is 3.89 Å². The van der Waals surface area contributed by atoms with Crippen molar-refractivity contribution in [3.8, 4) is 0 Å². The number of hydrogen-bond acceptors (Lipinski definition) is 1. The third-order valence-electron chi connectivity index (χ3n) is 2.73. The first-order valence-electron chi connectivity index (χ1n) is 7.02. The second kappa shape index (κ2) is 10.5. The molecule has 0 aromatic carbocycles. The Labute approximate surface area is 108 Å². The highest BCUT2D eigenvalue weighted by Gasteiger charge is 2.07. The molecule has 0 rings (SSSR count). The van der Waals surface area contributed by atoms with Crippen LogP contribution < -0.4 is 0 Å². The van der Waals surface area contributed by atoms with Gasteiger partial charge >= 0.3 is 0 Å². The van der Waals surface area contributed by atoms with Crippen LogP contribution in [-0.2, 0) is 0 Å². The SMILES string of the molecule is CCCCCCCCCCCS[N+](C)(C)C. The van der Waals surface area contributed by atoms with Crippen molar-refractivity contribution in [1.82, 2.24) is 0 Å². The number of nitrogens with zero attached hydrogens (tertiary/aromatic N) is 1. The van der Waals surface area contributed by atoms with Crippen molar-refractivity contribution in [2.24, 2.45) is 0 Å². The fourth-order valence-corrected chi connectivity index (χ4v) is 2.63. The third-order valence-corrected chi connectivity index (χ3v) is 3.97. The average molecular weight is 246 g/mol. The van der Waals surface area contributed by atoms with E-state index in [0.717, 1.165) is 3.89 Å². The Kier molecular flexibility index (Phi) is 10.7. The van der Waals surface area contributed by atoms with E-state index in [1.807, 2.05) is 11.9 Å². The molecule has 0 fully saturated rings. The van der Waals surface area contributed by atoms with Crippen LogP contribution >= 0.6 is 11.9 Å². The summed E-state index contributed by atoms with van der Waals surface area (Å²) in [5.41, 5.74) is 0. The minimum atomic E-state index is 1.04. The Hall–Kier alpha value is 0.310. The van der Waals surface area contributed by atoms with Gasteiger partial charge in [-0.3, -0.25) is 3.89 Å². The van der Waals surface area contributed by atoms with E-state index in [1.165, 1.54) is 63.5 Å². The van der Waals surface area contributed by atoms with Gasteiger partial charge in [0.1, 0.15) is 0 Å². The molecule has 0 bridgehead atoms. The molecule has 0 saturated heterocycles. The molecule has 0 aliphatic rings. The van der Waals surface area contributed by atoms with Crippen molar-refractivity contribution in [3.05, 3.63) is 0 Å². The lowest BCUT2D eigenvalue weighted by molar-refractivity contribution is -0.726. The van der Waals surface area contributed by atoms with Gasteiger partial charge < -0.3 is 0 Å². The molecule has 0 aliphatic heterocycles. The van der Waals surface area contributed by atoms with Crippen LogP contribution in [0.5, 0.6) is 0 Å². The van der Waals surface area contributed by atoms with E-state index in [-0.39, 0.29) is 0 Å². The van der Waals surface area contributed by atoms with Gasteiger partial charge in [-0.05, 0) is 6.42 Å². The van der Waals surface area contributed by atoms with E-state index >= 15 is 0 Å². The molecule has 0 atom stereocenters. The molecule has 2 heteroatoms. The van der Waals surface area contributed by atoms with Crippen molar-refractivity contribution >= 4 is 11.9 Å². The maximum Gasteiger partial charge on any atom is 0.0783 e. The summed E-state index contributed by atoms with van der Waals surface area (Å²) in [6, 6.07) is 0. The monoisotopic (exact) mass is 246 g/mol. The lowest BCUT2D eigenvalue weighted by Crippen LogP contribution is -2.25. The molecule has 0 spiro atoms. The smallest absolute Gasteiger partial charge is 0.0783 e. The molecule has 0 aromatic rings. The first-order chi connectivity index (χ1) is 7.56. The first-order valence-corrected chi connectivity index (χ1v) is 7.96. The van der Waals surface area contributed by atoms with Crippen molar-refractivity contribution in [1.29, 1.82) is 0 Å². The highest BCUT2D eigenvalue weighted by molar-refractivity contribution is 7.93. The fraction of sp³-hybridized carbons (Fsp3) is 1.00. The van der Waals surface area contributed by atoms with Crippen LogP contribution in [0, 0.1) is 0 Å². The van der Waals surface area contributed by atoms with E-state index in [9.17, 15) is 0 Å². The molecule has 0 aromatic heterocycles. The van der Waals surface area contributed by atoms with Crippen LogP contribution in [0.25, 0.3) is 0 Å². The average Bonchev–Trinajstić information content (AvgIpc) is 2.19. The molecule has 0 saturated carbocycles. The molecule has 0 amide bonds. The van der Waals surface area contributed by atoms with Gasteiger partial charge in [0.05, 0.1) is 33.1 Å². The van der Waals surface area contributed by atoms with E-state index in [4.69, 9.17) is 0 Å². The second-order valence-corrected chi connectivity index (χ2v) is 7.31. The second-order valence-electron chi connectivity index (χ2n) is 5.55. The summed E-state index contributed by atoms with van der Waals surface area (Å²) in [6.07, 6.45) is 12.9. The van der Waals surface area contributed by atoms with Gasteiger partial charge in [-0.2, -0.15) is 0 Å². The van der Waals surface area contributed by atoms with Crippen LogP contribution in [0.15, 0.2) is 0 Å². The highest BCUT2D eigenvalue weighted by Crippen LogP contribution is 2.16. The normalized spacial score (nSPS) is 12.0. The summed E-state index contributed by atoms with van der Waals surface area (Å²) < 4.78 is 1.04. The zero-order valence-electron chi connectivity index (χ0n) is 11.9. The fourth-order valence-electron chi connectivity index (χ4n) is 1.75. The first kappa shape index (κ1) is 16.3. The Bertz CT molecular complexity index is 140. The van der Waals surface area contributed by atoms with Crippen molar-refractivity contribution in [3.63, 3.8) is 0 Å². The maximum atomic E-state index is 2.28. The van der Waals surface area contributed by atoms with Gasteiger partial charge in [0, 0.05) is 5.75 Å². The minimum absolute atomic E-state index is 1.04. The quantitative estimate of drug-likeness (QED) is 0.285. The van der Waals surface area contributed by atoms with Crippen LogP contribution in [-0.4, -0.2) is 30.8 Å². The predicted octanol–water partition coefficient (Wildman–Crippen LogP) is 4.87. The molecule has 0 N–H and O–H groups in total. The Morgan fingerprint density at radius 1 is 0.688 bits per heavy atom. The molecule has 0 radical (unpaired) electrons. The standard InChI is InChI=1S/C14H32NS/c1-5-6-7-8-9-10-11-12-13-14-16-15(2,3)4/h5-14H2,1-4H3/q+1. The number of quaternary nitrogens is 1. The van der Waals surface area contributed by atoms with Crippen molar-refractivity contribution in [2.75, 3.05) is 26.9 Å². The predicted molar refractivity (Wildman–Crippen MR) is 77.7 cm³/mol. The molecular weight excluding hydrogens is 214 g/mol. The largest absolute Gasteiger partial charge is 0.269 e. The Morgan fingerprint density at radius 2 is 1.12 bits per heavy atom. The van der Waals surface area contributed by atoms with Gasteiger partial charge in [-0.25, -0.2) is 0 Å². The van der Waals surface area contributed by atoms with Crippen LogP contribution in [0.1, 0.15) is 64.7 Å². The van der Waals surface area contributed by atoms with Crippen LogP contribution in [0.3, 0.4) is 0 Å². The summed E-state index contributed by atoms with van der Waals surface area (Å²) in [4.78, 5) is 0. The van der Waals surface area contributed by atoms with Crippen molar-refractivity contribution in [2.45, 2.75) is 64.7 Å². The molecule has 98 valence electrons. The highest BCUT2D eigenvalue weighted by atomic mass is 32.2. The molecule has 0 aliphatic carbocycles.